The van der Waals surface area contributed by atoms with Gasteiger partial charge in [0.05, 0.1) is 0 Å². The highest BCUT2D eigenvalue weighted by Crippen LogP contribution is 2.23. The van der Waals surface area contributed by atoms with E-state index < -0.39 is 0 Å². The van der Waals surface area contributed by atoms with Crippen LogP contribution in [0.15, 0.2) is 34.9 Å². The van der Waals surface area contributed by atoms with Gasteiger partial charge >= 0.3 is 0 Å². The second kappa shape index (κ2) is 7.17. The number of benzene rings is 1. The van der Waals surface area contributed by atoms with Gasteiger partial charge in [0.25, 0.3) is 0 Å². The molecular formula is C15H21N3O2. The van der Waals surface area contributed by atoms with Crippen molar-refractivity contribution in [2.75, 3.05) is 13.7 Å². The topological polar surface area (TPSA) is 60.2 Å². The molecule has 2 rings (SSSR count). The third-order valence-electron chi connectivity index (χ3n) is 3.13. The molecular weight excluding hydrogens is 254 g/mol. The third kappa shape index (κ3) is 3.65. The Balaban J connectivity index is 2.18. The second-order valence-electron chi connectivity index (χ2n) is 4.69. The Labute approximate surface area is 119 Å². The maximum atomic E-state index is 5.76. The standard InChI is InChI=1S/C15H21N3O2/c1-4-19-14(12-8-6-5-7-9-12)15-17-13(20-18-15)10-11(2)16-3/h5-9,11,14,16H,4,10H2,1-3H3. The highest BCUT2D eigenvalue weighted by molar-refractivity contribution is 5.22. The zero-order chi connectivity index (χ0) is 14.4. The lowest BCUT2D eigenvalue weighted by molar-refractivity contribution is 0.0833. The minimum atomic E-state index is -0.274. The van der Waals surface area contributed by atoms with Crippen molar-refractivity contribution in [1.29, 1.82) is 0 Å². The van der Waals surface area contributed by atoms with Gasteiger partial charge in [-0.3, -0.25) is 0 Å². The molecule has 20 heavy (non-hydrogen) atoms. The molecule has 0 aliphatic rings. The first-order chi connectivity index (χ1) is 9.74. The number of ether oxygens (including phenoxy) is 1. The van der Waals surface area contributed by atoms with Crippen LogP contribution in [0.25, 0.3) is 0 Å². The van der Waals surface area contributed by atoms with Gasteiger partial charge in [-0.25, -0.2) is 0 Å². The lowest BCUT2D eigenvalue weighted by Crippen LogP contribution is -2.23. The molecule has 0 saturated carbocycles. The summed E-state index contributed by atoms with van der Waals surface area (Å²) < 4.78 is 11.1. The van der Waals surface area contributed by atoms with Crippen molar-refractivity contribution in [1.82, 2.24) is 15.5 Å². The Morgan fingerprint density at radius 1 is 1.30 bits per heavy atom. The predicted octanol–water partition coefficient (Wildman–Crippen LogP) is 2.35. The maximum absolute atomic E-state index is 5.76. The Morgan fingerprint density at radius 2 is 2.05 bits per heavy atom. The van der Waals surface area contributed by atoms with Crippen LogP contribution < -0.4 is 5.32 Å². The first-order valence-corrected chi connectivity index (χ1v) is 6.90. The summed E-state index contributed by atoms with van der Waals surface area (Å²) in [6.07, 6.45) is 0.431. The predicted molar refractivity (Wildman–Crippen MR) is 76.4 cm³/mol. The number of hydrogen-bond acceptors (Lipinski definition) is 5. The van der Waals surface area contributed by atoms with Crippen LogP contribution >= 0.6 is 0 Å². The van der Waals surface area contributed by atoms with Crippen molar-refractivity contribution in [2.45, 2.75) is 32.4 Å². The Bertz CT molecular complexity index is 513. The van der Waals surface area contributed by atoms with Crippen LogP contribution in [0.2, 0.25) is 0 Å². The molecule has 108 valence electrons. The van der Waals surface area contributed by atoms with Crippen molar-refractivity contribution in [2.24, 2.45) is 0 Å². The van der Waals surface area contributed by atoms with E-state index in [1.54, 1.807) is 0 Å². The van der Waals surface area contributed by atoms with E-state index in [1.165, 1.54) is 0 Å². The van der Waals surface area contributed by atoms with E-state index in [-0.39, 0.29) is 6.10 Å². The van der Waals surface area contributed by atoms with Crippen LogP contribution in [0.5, 0.6) is 0 Å². The fourth-order valence-electron chi connectivity index (χ4n) is 1.94. The number of nitrogens with one attached hydrogen (secondary N) is 1. The molecule has 0 amide bonds. The molecule has 0 spiro atoms. The van der Waals surface area contributed by atoms with Crippen LogP contribution in [-0.4, -0.2) is 29.8 Å². The van der Waals surface area contributed by atoms with Gasteiger partial charge in [0.15, 0.2) is 0 Å². The first-order valence-electron chi connectivity index (χ1n) is 6.90. The smallest absolute Gasteiger partial charge is 0.228 e. The van der Waals surface area contributed by atoms with E-state index >= 15 is 0 Å². The van der Waals surface area contributed by atoms with Crippen molar-refractivity contribution < 1.29 is 9.26 Å². The van der Waals surface area contributed by atoms with Crippen molar-refractivity contribution >= 4 is 0 Å². The van der Waals surface area contributed by atoms with Gasteiger partial charge in [0.2, 0.25) is 11.7 Å². The number of rotatable bonds is 7. The van der Waals surface area contributed by atoms with Crippen LogP contribution in [0.4, 0.5) is 0 Å². The Morgan fingerprint density at radius 3 is 2.70 bits per heavy atom. The van der Waals surface area contributed by atoms with Crippen LogP contribution in [0.3, 0.4) is 0 Å². The maximum Gasteiger partial charge on any atom is 0.228 e. The summed E-state index contributed by atoms with van der Waals surface area (Å²) in [5, 5.41) is 7.21. The molecule has 2 unspecified atom stereocenters. The second-order valence-corrected chi connectivity index (χ2v) is 4.69. The lowest BCUT2D eigenvalue weighted by Gasteiger charge is -2.13. The molecule has 1 aromatic heterocycles. The summed E-state index contributed by atoms with van der Waals surface area (Å²) in [7, 11) is 1.91. The van der Waals surface area contributed by atoms with Crippen LogP contribution in [0, 0.1) is 0 Å². The molecule has 5 heteroatoms. The van der Waals surface area contributed by atoms with E-state index in [1.807, 2.05) is 44.3 Å². The quantitative estimate of drug-likeness (QED) is 0.840. The van der Waals surface area contributed by atoms with Crippen LogP contribution in [-0.2, 0) is 11.2 Å². The van der Waals surface area contributed by atoms with Gasteiger partial charge in [0, 0.05) is 19.1 Å². The van der Waals surface area contributed by atoms with Crippen LogP contribution in [0.1, 0.15) is 37.2 Å². The molecule has 1 heterocycles. The molecule has 5 nitrogen and oxygen atoms in total. The van der Waals surface area contributed by atoms with Crippen molar-refractivity contribution in [3.05, 3.63) is 47.6 Å². The SMILES string of the molecule is CCOC(c1ccccc1)c1noc(CC(C)NC)n1. The van der Waals surface area contributed by atoms with Gasteiger partial charge in [-0.15, -0.1) is 0 Å². The monoisotopic (exact) mass is 275 g/mol. The highest BCUT2D eigenvalue weighted by Gasteiger charge is 2.21. The fraction of sp³-hybridized carbons (Fsp3) is 0.467. The lowest BCUT2D eigenvalue weighted by atomic mass is 10.1. The number of likely N-dealkylation sites (N-methyl/N-ethyl adjacent to an activating group) is 1. The van der Waals surface area contributed by atoms with Gasteiger partial charge in [-0.2, -0.15) is 4.98 Å². The average molecular weight is 275 g/mol. The minimum Gasteiger partial charge on any atom is -0.366 e. The van der Waals surface area contributed by atoms with Crippen molar-refractivity contribution in [3.8, 4) is 0 Å². The number of nitrogens with zero attached hydrogens (tertiary/aromatic N) is 2. The van der Waals surface area contributed by atoms with Gasteiger partial charge in [-0.1, -0.05) is 35.5 Å². The summed E-state index contributed by atoms with van der Waals surface area (Å²) in [6, 6.07) is 10.2. The van der Waals surface area contributed by atoms with Crippen molar-refractivity contribution in [3.63, 3.8) is 0 Å². The van der Waals surface area contributed by atoms with E-state index in [0.29, 0.717) is 30.8 Å². The Kier molecular flexibility index (Phi) is 5.26. The van der Waals surface area contributed by atoms with Gasteiger partial charge in [-0.05, 0) is 26.5 Å². The summed E-state index contributed by atoms with van der Waals surface area (Å²) in [5.41, 5.74) is 1.03. The Hall–Kier alpha value is -1.72. The number of aromatic nitrogens is 2. The highest BCUT2D eigenvalue weighted by atomic mass is 16.5. The average Bonchev–Trinajstić information content (AvgIpc) is 2.93. The summed E-state index contributed by atoms with van der Waals surface area (Å²) in [5.74, 6) is 1.21. The third-order valence-corrected chi connectivity index (χ3v) is 3.13. The molecule has 1 aromatic carbocycles. The molecule has 0 radical (unpaired) electrons. The molecule has 2 aromatic rings. The normalized spacial score (nSPS) is 14.2. The molecule has 0 aliphatic heterocycles. The zero-order valence-corrected chi connectivity index (χ0v) is 12.2. The van der Waals surface area contributed by atoms with E-state index in [0.717, 1.165) is 5.56 Å². The first kappa shape index (κ1) is 14.7. The largest absolute Gasteiger partial charge is 0.366 e. The molecule has 0 aliphatic carbocycles. The van der Waals surface area contributed by atoms with Gasteiger partial charge in [0.1, 0.15) is 6.10 Å². The van der Waals surface area contributed by atoms with E-state index in [2.05, 4.69) is 22.4 Å². The fourth-order valence-corrected chi connectivity index (χ4v) is 1.94. The summed E-state index contributed by atoms with van der Waals surface area (Å²) in [6.45, 7) is 4.62. The molecule has 1 N–H and O–H groups in total. The molecule has 0 saturated heterocycles. The van der Waals surface area contributed by atoms with Gasteiger partial charge < -0.3 is 14.6 Å². The van der Waals surface area contributed by atoms with E-state index in [4.69, 9.17) is 9.26 Å². The molecule has 0 fully saturated rings. The number of hydrogen-bond donors (Lipinski definition) is 1. The zero-order valence-electron chi connectivity index (χ0n) is 12.2. The summed E-state index contributed by atoms with van der Waals surface area (Å²) in [4.78, 5) is 4.45. The molecule has 0 bridgehead atoms. The summed E-state index contributed by atoms with van der Waals surface area (Å²) >= 11 is 0. The van der Waals surface area contributed by atoms with E-state index in [9.17, 15) is 0 Å². The minimum absolute atomic E-state index is 0.274. The molecule has 2 atom stereocenters.